The molecule has 4 nitrogen and oxygen atoms in total. The summed E-state index contributed by atoms with van der Waals surface area (Å²) in [6.45, 7) is 0.187. The third-order valence-electron chi connectivity index (χ3n) is 2.61. The number of unbranched alkanes of at least 4 members (excludes halogenated alkanes) is 1. The van der Waals surface area contributed by atoms with Crippen LogP contribution in [-0.2, 0) is 4.79 Å². The van der Waals surface area contributed by atoms with Gasteiger partial charge in [-0.3, -0.25) is 9.59 Å². The number of benzene rings is 1. The van der Waals surface area contributed by atoms with E-state index in [1.165, 1.54) is 18.2 Å². The first kappa shape index (κ1) is 11.3. The minimum atomic E-state index is -0.719. The van der Waals surface area contributed by atoms with Crippen molar-refractivity contribution in [1.82, 2.24) is 0 Å². The van der Waals surface area contributed by atoms with E-state index in [0.717, 1.165) is 4.90 Å². The van der Waals surface area contributed by atoms with Gasteiger partial charge in [0, 0.05) is 13.0 Å². The predicted octanol–water partition coefficient (Wildman–Crippen LogP) is 1.66. The fourth-order valence-corrected chi connectivity index (χ4v) is 1.84. The summed E-state index contributed by atoms with van der Waals surface area (Å²) < 4.78 is 13.6. The normalized spacial score (nSPS) is 13.8. The highest BCUT2D eigenvalue weighted by Crippen LogP contribution is 2.31. The first-order valence-corrected chi connectivity index (χ1v) is 5.18. The van der Waals surface area contributed by atoms with Gasteiger partial charge in [-0.2, -0.15) is 5.26 Å². The van der Waals surface area contributed by atoms with E-state index in [1.54, 1.807) is 0 Å². The van der Waals surface area contributed by atoms with Crippen molar-refractivity contribution in [3.05, 3.63) is 29.6 Å². The number of carbonyl (C=O) groups is 2. The van der Waals surface area contributed by atoms with Gasteiger partial charge in [-0.05, 0) is 18.6 Å². The summed E-state index contributed by atoms with van der Waals surface area (Å²) in [5, 5.41) is 8.41. The van der Waals surface area contributed by atoms with E-state index in [1.807, 2.05) is 6.07 Å². The highest BCUT2D eigenvalue weighted by Gasteiger charge is 2.37. The SMILES string of the molecule is N#CCCCN1C(=O)C(=O)c2cccc(F)c21. The first-order chi connectivity index (χ1) is 8.16. The molecule has 1 aliphatic rings. The van der Waals surface area contributed by atoms with Gasteiger partial charge in [-0.1, -0.05) is 6.07 Å². The van der Waals surface area contributed by atoms with Crippen molar-refractivity contribution in [2.45, 2.75) is 12.8 Å². The molecule has 2 rings (SSSR count). The minimum absolute atomic E-state index is 0.0421. The molecule has 0 radical (unpaired) electrons. The van der Waals surface area contributed by atoms with Crippen LogP contribution in [0.1, 0.15) is 23.2 Å². The van der Waals surface area contributed by atoms with E-state index in [4.69, 9.17) is 5.26 Å². The van der Waals surface area contributed by atoms with Crippen LogP contribution in [0.5, 0.6) is 0 Å². The molecule has 0 spiro atoms. The third-order valence-corrected chi connectivity index (χ3v) is 2.61. The summed E-state index contributed by atoms with van der Waals surface area (Å²) in [7, 11) is 0. The zero-order valence-electron chi connectivity index (χ0n) is 8.94. The van der Waals surface area contributed by atoms with Gasteiger partial charge in [0.2, 0.25) is 0 Å². The number of amides is 1. The molecule has 5 heteroatoms. The largest absolute Gasteiger partial charge is 0.302 e. The monoisotopic (exact) mass is 232 g/mol. The van der Waals surface area contributed by atoms with Gasteiger partial charge in [0.25, 0.3) is 11.7 Å². The van der Waals surface area contributed by atoms with E-state index in [2.05, 4.69) is 0 Å². The summed E-state index contributed by atoms with van der Waals surface area (Å²) in [4.78, 5) is 24.3. The van der Waals surface area contributed by atoms with Gasteiger partial charge >= 0.3 is 0 Å². The summed E-state index contributed by atoms with van der Waals surface area (Å²) >= 11 is 0. The lowest BCUT2D eigenvalue weighted by atomic mass is 10.1. The van der Waals surface area contributed by atoms with Gasteiger partial charge in [-0.25, -0.2) is 4.39 Å². The quantitative estimate of drug-likeness (QED) is 0.588. The van der Waals surface area contributed by atoms with Crippen LogP contribution in [0.25, 0.3) is 0 Å². The maximum absolute atomic E-state index is 13.6. The fraction of sp³-hybridized carbons (Fsp3) is 0.250. The van der Waals surface area contributed by atoms with Gasteiger partial charge in [0.15, 0.2) is 0 Å². The topological polar surface area (TPSA) is 61.2 Å². The number of nitrogens with zero attached hydrogens (tertiary/aromatic N) is 2. The number of ketones is 1. The van der Waals surface area contributed by atoms with Crippen molar-refractivity contribution >= 4 is 17.4 Å². The molecule has 0 fully saturated rings. The number of nitriles is 1. The van der Waals surface area contributed by atoms with Crippen LogP contribution in [0.4, 0.5) is 10.1 Å². The van der Waals surface area contributed by atoms with Crippen LogP contribution in [-0.4, -0.2) is 18.2 Å². The second-order valence-electron chi connectivity index (χ2n) is 3.68. The van der Waals surface area contributed by atoms with Crippen LogP contribution < -0.4 is 4.90 Å². The highest BCUT2D eigenvalue weighted by atomic mass is 19.1. The second-order valence-corrected chi connectivity index (χ2v) is 3.68. The average Bonchev–Trinajstić information content (AvgIpc) is 2.56. The zero-order chi connectivity index (χ0) is 12.4. The molecule has 0 bridgehead atoms. The number of fused-ring (bicyclic) bond motifs is 1. The Morgan fingerprint density at radius 2 is 2.12 bits per heavy atom. The molecule has 0 unspecified atom stereocenters. The van der Waals surface area contributed by atoms with E-state index >= 15 is 0 Å². The highest BCUT2D eigenvalue weighted by molar-refractivity contribution is 6.52. The number of hydrogen-bond acceptors (Lipinski definition) is 3. The number of hydrogen-bond donors (Lipinski definition) is 0. The van der Waals surface area contributed by atoms with Crippen molar-refractivity contribution in [1.29, 1.82) is 5.26 Å². The number of rotatable bonds is 3. The van der Waals surface area contributed by atoms with E-state index in [-0.39, 0.29) is 24.2 Å². The molecular formula is C12H9FN2O2. The van der Waals surface area contributed by atoms with Crippen molar-refractivity contribution < 1.29 is 14.0 Å². The molecule has 86 valence electrons. The van der Waals surface area contributed by atoms with Crippen LogP contribution in [0.3, 0.4) is 0 Å². The molecule has 0 atom stereocenters. The zero-order valence-corrected chi connectivity index (χ0v) is 8.94. The molecule has 0 aliphatic carbocycles. The molecule has 1 aliphatic heterocycles. The Labute approximate surface area is 97.3 Å². The fourth-order valence-electron chi connectivity index (χ4n) is 1.84. The first-order valence-electron chi connectivity index (χ1n) is 5.18. The predicted molar refractivity (Wildman–Crippen MR) is 57.9 cm³/mol. The van der Waals surface area contributed by atoms with E-state index in [0.29, 0.717) is 6.42 Å². The Morgan fingerprint density at radius 1 is 1.35 bits per heavy atom. The Kier molecular flexibility index (Phi) is 2.88. The number of halogens is 1. The Hall–Kier alpha value is -2.22. The van der Waals surface area contributed by atoms with Crippen molar-refractivity contribution in [2.75, 3.05) is 11.4 Å². The lowest BCUT2D eigenvalue weighted by Gasteiger charge is -2.15. The molecule has 0 saturated carbocycles. The van der Waals surface area contributed by atoms with Gasteiger partial charge in [-0.15, -0.1) is 0 Å². The second kappa shape index (κ2) is 4.34. The number of Topliss-reactive ketones (excluding diaryl/α,β-unsaturated/α-hetero) is 1. The molecule has 17 heavy (non-hydrogen) atoms. The summed E-state index contributed by atoms with van der Waals surface area (Å²) in [6.07, 6.45) is 0.686. The smallest absolute Gasteiger partial charge is 0.299 e. The minimum Gasteiger partial charge on any atom is -0.302 e. The summed E-state index contributed by atoms with van der Waals surface area (Å²) in [5.74, 6) is -1.99. The van der Waals surface area contributed by atoms with E-state index < -0.39 is 17.5 Å². The van der Waals surface area contributed by atoms with Gasteiger partial charge < -0.3 is 4.90 Å². The Balaban J connectivity index is 2.34. The van der Waals surface area contributed by atoms with Crippen molar-refractivity contribution in [2.24, 2.45) is 0 Å². The van der Waals surface area contributed by atoms with Crippen LogP contribution in [0, 0.1) is 17.1 Å². The third kappa shape index (κ3) is 1.78. The maximum Gasteiger partial charge on any atom is 0.299 e. The van der Waals surface area contributed by atoms with Crippen LogP contribution >= 0.6 is 0 Å². The lowest BCUT2D eigenvalue weighted by Crippen LogP contribution is -2.31. The standard InChI is InChI=1S/C12H9FN2O2/c13-9-5-3-4-8-10(9)15(7-2-1-6-14)12(17)11(8)16/h3-5H,1-2,7H2. The Morgan fingerprint density at radius 3 is 2.82 bits per heavy atom. The van der Waals surface area contributed by atoms with Crippen LogP contribution in [0.15, 0.2) is 18.2 Å². The number of para-hydroxylation sites is 1. The van der Waals surface area contributed by atoms with Gasteiger partial charge in [0.05, 0.1) is 17.3 Å². The summed E-state index contributed by atoms with van der Waals surface area (Å²) in [5.41, 5.74) is 0.146. The van der Waals surface area contributed by atoms with Crippen molar-refractivity contribution in [3.8, 4) is 6.07 Å². The van der Waals surface area contributed by atoms with Crippen molar-refractivity contribution in [3.63, 3.8) is 0 Å². The Bertz CT molecular complexity index is 534. The molecule has 1 aromatic carbocycles. The van der Waals surface area contributed by atoms with E-state index in [9.17, 15) is 14.0 Å². The molecule has 1 amide bonds. The molecule has 1 aromatic rings. The van der Waals surface area contributed by atoms with Crippen LogP contribution in [0.2, 0.25) is 0 Å². The maximum atomic E-state index is 13.6. The summed E-state index contributed by atoms with van der Waals surface area (Å²) in [6, 6.07) is 5.98. The van der Waals surface area contributed by atoms with Gasteiger partial charge in [0.1, 0.15) is 5.82 Å². The number of carbonyl (C=O) groups excluding carboxylic acids is 2. The lowest BCUT2D eigenvalue weighted by molar-refractivity contribution is -0.114. The molecule has 1 heterocycles. The number of anilines is 1. The molecule has 0 saturated heterocycles. The average molecular weight is 232 g/mol. The molecule has 0 N–H and O–H groups in total. The molecular weight excluding hydrogens is 223 g/mol. The molecule has 0 aromatic heterocycles.